The van der Waals surface area contributed by atoms with Crippen LogP contribution in [0, 0.1) is 0 Å². The number of methoxy groups -OCH3 is 1. The standard InChI is InChI=1S/C20H30N4O3.HI/c1-6-14(7-2)17-12-16(27-24-17)13-22-20(21-4)23-15-9-10-18(25-5)19(11-15)26-8-3;/h9-12,14H,6-8,13H2,1-5H3,(H2,21,22,23);1H. The first kappa shape index (κ1) is 24.1. The lowest BCUT2D eigenvalue weighted by Gasteiger charge is -2.14. The molecule has 7 nitrogen and oxygen atoms in total. The van der Waals surface area contributed by atoms with Crippen LogP contribution in [0.5, 0.6) is 11.5 Å². The maximum atomic E-state index is 5.61. The van der Waals surface area contributed by atoms with E-state index >= 15 is 0 Å². The molecule has 0 unspecified atom stereocenters. The first-order valence-electron chi connectivity index (χ1n) is 9.39. The number of anilines is 1. The van der Waals surface area contributed by atoms with Crippen LogP contribution in [-0.4, -0.2) is 31.9 Å². The SMILES string of the molecule is CCOc1cc(NC(=NC)NCc2cc(C(CC)CC)no2)ccc1OC.I. The summed E-state index contributed by atoms with van der Waals surface area (Å²) in [5.74, 6) is 3.23. The lowest BCUT2D eigenvalue weighted by Crippen LogP contribution is -2.30. The van der Waals surface area contributed by atoms with Crippen LogP contribution >= 0.6 is 24.0 Å². The first-order chi connectivity index (χ1) is 13.1. The molecule has 0 atom stereocenters. The van der Waals surface area contributed by atoms with Crippen molar-refractivity contribution in [3.8, 4) is 11.5 Å². The van der Waals surface area contributed by atoms with E-state index in [4.69, 9.17) is 14.0 Å². The smallest absolute Gasteiger partial charge is 0.195 e. The summed E-state index contributed by atoms with van der Waals surface area (Å²) in [6.45, 7) is 7.33. The zero-order valence-electron chi connectivity index (χ0n) is 17.2. The van der Waals surface area contributed by atoms with Crippen molar-refractivity contribution in [3.63, 3.8) is 0 Å². The highest BCUT2D eigenvalue weighted by molar-refractivity contribution is 14.0. The van der Waals surface area contributed by atoms with E-state index < -0.39 is 0 Å². The Kier molecular flexibility index (Phi) is 10.7. The van der Waals surface area contributed by atoms with Gasteiger partial charge in [-0.1, -0.05) is 19.0 Å². The van der Waals surface area contributed by atoms with Gasteiger partial charge in [0.25, 0.3) is 0 Å². The van der Waals surface area contributed by atoms with Gasteiger partial charge in [-0.25, -0.2) is 0 Å². The molecule has 1 aromatic heterocycles. The van der Waals surface area contributed by atoms with Crippen molar-refractivity contribution in [2.45, 2.75) is 46.1 Å². The van der Waals surface area contributed by atoms with Crippen LogP contribution in [0.25, 0.3) is 0 Å². The lowest BCUT2D eigenvalue weighted by atomic mass is 9.99. The number of nitrogens with one attached hydrogen (secondary N) is 2. The van der Waals surface area contributed by atoms with Crippen LogP contribution in [0.3, 0.4) is 0 Å². The van der Waals surface area contributed by atoms with Crippen molar-refractivity contribution in [2.75, 3.05) is 26.1 Å². The van der Waals surface area contributed by atoms with Crippen molar-refractivity contribution < 1.29 is 14.0 Å². The normalized spacial score (nSPS) is 11.1. The molecule has 2 N–H and O–H groups in total. The van der Waals surface area contributed by atoms with E-state index in [1.807, 2.05) is 31.2 Å². The Hall–Kier alpha value is -1.97. The molecule has 0 saturated carbocycles. The number of benzene rings is 1. The first-order valence-corrected chi connectivity index (χ1v) is 9.39. The Morgan fingerprint density at radius 2 is 1.93 bits per heavy atom. The molecule has 8 heteroatoms. The van der Waals surface area contributed by atoms with Gasteiger partial charge in [-0.15, -0.1) is 24.0 Å². The minimum atomic E-state index is 0. The van der Waals surface area contributed by atoms with Crippen molar-refractivity contribution in [3.05, 3.63) is 35.7 Å². The molecule has 2 aromatic rings. The van der Waals surface area contributed by atoms with Gasteiger partial charge in [-0.3, -0.25) is 4.99 Å². The second kappa shape index (κ2) is 12.5. The largest absolute Gasteiger partial charge is 0.493 e. The monoisotopic (exact) mass is 502 g/mol. The summed E-state index contributed by atoms with van der Waals surface area (Å²) >= 11 is 0. The van der Waals surface area contributed by atoms with Gasteiger partial charge in [0, 0.05) is 30.8 Å². The van der Waals surface area contributed by atoms with E-state index in [0.29, 0.717) is 36.5 Å². The zero-order chi connectivity index (χ0) is 19.6. The number of aliphatic imine (C=N–C) groups is 1. The number of ether oxygens (including phenoxy) is 2. The van der Waals surface area contributed by atoms with Crippen molar-refractivity contribution in [1.82, 2.24) is 10.5 Å². The van der Waals surface area contributed by atoms with E-state index in [0.717, 1.165) is 30.0 Å². The molecule has 0 radical (unpaired) electrons. The van der Waals surface area contributed by atoms with Crippen LogP contribution in [0.1, 0.15) is 51.0 Å². The number of hydrogen-bond acceptors (Lipinski definition) is 5. The summed E-state index contributed by atoms with van der Waals surface area (Å²) in [6.07, 6.45) is 2.11. The van der Waals surface area contributed by atoms with Crippen molar-refractivity contribution >= 4 is 35.6 Å². The van der Waals surface area contributed by atoms with E-state index in [2.05, 4.69) is 34.6 Å². The molecule has 0 aliphatic heterocycles. The molecule has 28 heavy (non-hydrogen) atoms. The maximum Gasteiger partial charge on any atom is 0.195 e. The third-order valence-electron chi connectivity index (χ3n) is 4.36. The molecule has 156 valence electrons. The third kappa shape index (κ3) is 6.57. The summed E-state index contributed by atoms with van der Waals surface area (Å²) in [6, 6.07) is 7.67. The maximum absolute atomic E-state index is 5.61. The Labute approximate surface area is 184 Å². The fraction of sp³-hybridized carbons (Fsp3) is 0.500. The molecule has 0 aliphatic carbocycles. The molecule has 2 rings (SSSR count). The summed E-state index contributed by atoms with van der Waals surface area (Å²) < 4.78 is 16.4. The van der Waals surface area contributed by atoms with Crippen LogP contribution in [0.4, 0.5) is 5.69 Å². The molecule has 0 amide bonds. The summed E-state index contributed by atoms with van der Waals surface area (Å²) in [4.78, 5) is 4.25. The van der Waals surface area contributed by atoms with E-state index in [1.54, 1.807) is 14.2 Å². The molecule has 0 bridgehead atoms. The number of rotatable bonds is 9. The summed E-state index contributed by atoms with van der Waals surface area (Å²) in [5, 5.41) is 10.7. The van der Waals surface area contributed by atoms with Gasteiger partial charge < -0.3 is 24.6 Å². The number of aromatic nitrogens is 1. The second-order valence-corrected chi connectivity index (χ2v) is 6.08. The highest BCUT2D eigenvalue weighted by Crippen LogP contribution is 2.30. The quantitative estimate of drug-likeness (QED) is 0.292. The predicted octanol–water partition coefficient (Wildman–Crippen LogP) is 4.79. The third-order valence-corrected chi connectivity index (χ3v) is 4.36. The van der Waals surface area contributed by atoms with E-state index in [-0.39, 0.29) is 24.0 Å². The van der Waals surface area contributed by atoms with Gasteiger partial charge in [0.05, 0.1) is 26.0 Å². The fourth-order valence-electron chi connectivity index (χ4n) is 2.82. The number of guanidine groups is 1. The highest BCUT2D eigenvalue weighted by atomic mass is 127. The molecular weight excluding hydrogens is 471 g/mol. The second-order valence-electron chi connectivity index (χ2n) is 6.08. The van der Waals surface area contributed by atoms with Gasteiger partial charge in [0.1, 0.15) is 0 Å². The van der Waals surface area contributed by atoms with Crippen molar-refractivity contribution in [1.29, 1.82) is 0 Å². The molecular formula is C20H31IN4O3. The lowest BCUT2D eigenvalue weighted by molar-refractivity contribution is 0.311. The van der Waals surface area contributed by atoms with Gasteiger partial charge in [0.15, 0.2) is 23.2 Å². The number of halogens is 1. The number of nitrogens with zero attached hydrogens (tertiary/aromatic N) is 2. The molecule has 1 heterocycles. The van der Waals surface area contributed by atoms with E-state index in [9.17, 15) is 0 Å². The van der Waals surface area contributed by atoms with Gasteiger partial charge in [-0.05, 0) is 31.9 Å². The Bertz CT molecular complexity index is 745. The van der Waals surface area contributed by atoms with Crippen LogP contribution < -0.4 is 20.1 Å². The van der Waals surface area contributed by atoms with Gasteiger partial charge >= 0.3 is 0 Å². The van der Waals surface area contributed by atoms with E-state index in [1.165, 1.54) is 0 Å². The van der Waals surface area contributed by atoms with Crippen LogP contribution in [-0.2, 0) is 6.54 Å². The predicted molar refractivity (Wildman–Crippen MR) is 123 cm³/mol. The molecule has 0 saturated heterocycles. The average Bonchev–Trinajstić information content (AvgIpc) is 3.15. The Morgan fingerprint density at radius 3 is 2.54 bits per heavy atom. The highest BCUT2D eigenvalue weighted by Gasteiger charge is 2.13. The average molecular weight is 502 g/mol. The minimum Gasteiger partial charge on any atom is -0.493 e. The topological polar surface area (TPSA) is 80.9 Å². The zero-order valence-corrected chi connectivity index (χ0v) is 19.6. The molecule has 0 aliphatic rings. The van der Waals surface area contributed by atoms with Gasteiger partial charge in [-0.2, -0.15) is 0 Å². The van der Waals surface area contributed by atoms with Crippen LogP contribution in [0.15, 0.2) is 33.8 Å². The van der Waals surface area contributed by atoms with Gasteiger partial charge in [0.2, 0.25) is 0 Å². The molecule has 0 fully saturated rings. The molecule has 1 aromatic carbocycles. The Balaban J connectivity index is 0.00000392. The number of hydrogen-bond donors (Lipinski definition) is 2. The summed E-state index contributed by atoms with van der Waals surface area (Å²) in [5.41, 5.74) is 1.86. The minimum absolute atomic E-state index is 0. The van der Waals surface area contributed by atoms with Crippen LogP contribution in [0.2, 0.25) is 0 Å². The van der Waals surface area contributed by atoms with Crippen molar-refractivity contribution in [2.24, 2.45) is 4.99 Å². The molecule has 0 spiro atoms. The summed E-state index contributed by atoms with van der Waals surface area (Å²) in [7, 11) is 3.34. The fourth-order valence-corrected chi connectivity index (χ4v) is 2.82. The Morgan fingerprint density at radius 1 is 1.18 bits per heavy atom.